The van der Waals surface area contributed by atoms with Gasteiger partial charge in [-0.2, -0.15) is 0 Å². The fraction of sp³-hybridized carbons (Fsp3) is 0.810. The number of amides is 3. The number of carbonyl (C=O) groups excluding carboxylic acids is 3. The van der Waals surface area contributed by atoms with Crippen LogP contribution in [0.4, 0.5) is 0 Å². The first-order valence-electron chi connectivity index (χ1n) is 11.4. The second-order valence-electron chi connectivity index (χ2n) is 8.18. The zero-order chi connectivity index (χ0) is 24.7. The molecule has 11 heteroatoms. The number of nitrogens with one attached hydrogen (secondary N) is 3. The Kier molecular flexibility index (Phi) is 15.3. The molecule has 0 aliphatic heterocycles. The van der Waals surface area contributed by atoms with Gasteiger partial charge < -0.3 is 38.3 Å². The zero-order valence-electron chi connectivity index (χ0n) is 19.6. The van der Waals surface area contributed by atoms with Crippen LogP contribution >= 0.6 is 0 Å². The highest BCUT2D eigenvalue weighted by molar-refractivity contribution is 5.94. The molecule has 5 unspecified atom stereocenters. The number of aliphatic carboxylic acids is 1. The Hall–Kier alpha value is -2.24. The lowest BCUT2D eigenvalue weighted by molar-refractivity contribution is -0.142. The Balaban J connectivity index is 5.31. The fourth-order valence-corrected chi connectivity index (χ4v) is 3.00. The van der Waals surface area contributed by atoms with Gasteiger partial charge in [0.2, 0.25) is 17.7 Å². The Morgan fingerprint density at radius 1 is 0.812 bits per heavy atom. The van der Waals surface area contributed by atoms with Crippen LogP contribution in [-0.2, 0) is 19.2 Å². The summed E-state index contributed by atoms with van der Waals surface area (Å²) in [6.45, 7) is 5.95. The number of hydrogen-bond acceptors (Lipinski definition) is 7. The quantitative estimate of drug-likeness (QED) is 0.137. The predicted molar refractivity (Wildman–Crippen MR) is 122 cm³/mol. The van der Waals surface area contributed by atoms with Gasteiger partial charge in [0.05, 0.1) is 6.04 Å². The molecule has 0 aliphatic carbocycles. The number of hydrogen-bond donors (Lipinski definition) is 7. The predicted octanol–water partition coefficient (Wildman–Crippen LogP) is -0.823. The van der Waals surface area contributed by atoms with Crippen molar-refractivity contribution in [2.45, 2.75) is 89.9 Å². The number of carboxylic acids is 1. The molecule has 0 bridgehead atoms. The summed E-state index contributed by atoms with van der Waals surface area (Å²) in [7, 11) is 0. The van der Waals surface area contributed by atoms with Crippen LogP contribution in [0.5, 0.6) is 0 Å². The highest BCUT2D eigenvalue weighted by Crippen LogP contribution is 2.10. The van der Waals surface area contributed by atoms with Crippen molar-refractivity contribution < 1.29 is 24.3 Å². The van der Waals surface area contributed by atoms with Gasteiger partial charge in [-0.05, 0) is 58.0 Å². The smallest absolute Gasteiger partial charge is 0.325 e. The lowest BCUT2D eigenvalue weighted by Crippen LogP contribution is -2.58. The summed E-state index contributed by atoms with van der Waals surface area (Å²) in [6.07, 6.45) is 4.10. The van der Waals surface area contributed by atoms with Gasteiger partial charge in [0.15, 0.2) is 0 Å². The average Bonchev–Trinajstić information content (AvgIpc) is 2.75. The van der Waals surface area contributed by atoms with Crippen molar-refractivity contribution in [2.75, 3.05) is 13.1 Å². The van der Waals surface area contributed by atoms with Gasteiger partial charge in [-0.1, -0.05) is 26.7 Å². The lowest BCUT2D eigenvalue weighted by Gasteiger charge is -2.27. The summed E-state index contributed by atoms with van der Waals surface area (Å²) in [6, 6.07) is -3.69. The number of rotatable bonds is 17. The molecule has 0 aromatic rings. The van der Waals surface area contributed by atoms with E-state index in [4.69, 9.17) is 22.3 Å². The van der Waals surface area contributed by atoms with Gasteiger partial charge in [-0.25, -0.2) is 0 Å². The molecule has 0 saturated carbocycles. The Morgan fingerprint density at radius 3 is 1.88 bits per heavy atom. The van der Waals surface area contributed by atoms with E-state index in [-0.39, 0.29) is 5.92 Å². The van der Waals surface area contributed by atoms with Crippen molar-refractivity contribution in [3.05, 3.63) is 0 Å². The van der Waals surface area contributed by atoms with Gasteiger partial charge in [-0.3, -0.25) is 19.2 Å². The van der Waals surface area contributed by atoms with Crippen molar-refractivity contribution in [3.63, 3.8) is 0 Å². The van der Waals surface area contributed by atoms with Gasteiger partial charge in [-0.15, -0.1) is 0 Å². The lowest BCUT2D eigenvalue weighted by atomic mass is 9.97. The molecular formula is C21H42N6O5. The number of unbranched alkanes of at least 4 members (excludes halogenated alkanes) is 2. The van der Waals surface area contributed by atoms with Crippen molar-refractivity contribution in [3.8, 4) is 0 Å². The molecule has 0 heterocycles. The molecule has 10 N–H and O–H groups in total. The van der Waals surface area contributed by atoms with Crippen LogP contribution in [0.25, 0.3) is 0 Å². The molecule has 0 aromatic carbocycles. The highest BCUT2D eigenvalue weighted by atomic mass is 16.4. The molecule has 186 valence electrons. The maximum atomic E-state index is 13.0. The average molecular weight is 459 g/mol. The van der Waals surface area contributed by atoms with Crippen molar-refractivity contribution in [1.82, 2.24) is 16.0 Å². The Morgan fingerprint density at radius 2 is 1.38 bits per heavy atom. The van der Waals surface area contributed by atoms with Gasteiger partial charge in [0.25, 0.3) is 0 Å². The number of nitrogens with two attached hydrogens (primary N) is 3. The summed E-state index contributed by atoms with van der Waals surface area (Å²) in [4.78, 5) is 49.2. The second kappa shape index (κ2) is 16.4. The Bertz CT molecular complexity index is 603. The van der Waals surface area contributed by atoms with Crippen molar-refractivity contribution in [2.24, 2.45) is 23.1 Å². The van der Waals surface area contributed by atoms with Crippen molar-refractivity contribution in [1.29, 1.82) is 0 Å². The van der Waals surface area contributed by atoms with Crippen LogP contribution in [0, 0.1) is 5.92 Å². The molecule has 0 saturated heterocycles. The van der Waals surface area contributed by atoms with E-state index in [2.05, 4.69) is 16.0 Å². The van der Waals surface area contributed by atoms with E-state index in [1.165, 1.54) is 6.92 Å². The molecular weight excluding hydrogens is 416 g/mol. The van der Waals surface area contributed by atoms with Gasteiger partial charge in [0.1, 0.15) is 18.1 Å². The third kappa shape index (κ3) is 11.4. The van der Waals surface area contributed by atoms with Crippen LogP contribution < -0.4 is 33.2 Å². The minimum atomic E-state index is -1.18. The molecule has 11 nitrogen and oxygen atoms in total. The van der Waals surface area contributed by atoms with Crippen LogP contribution in [-0.4, -0.2) is 66.1 Å². The largest absolute Gasteiger partial charge is 0.480 e. The number of carbonyl (C=O) groups is 4. The summed E-state index contributed by atoms with van der Waals surface area (Å²) >= 11 is 0. The number of carboxylic acid groups (broad SMARTS) is 1. The molecule has 3 amide bonds. The Labute approximate surface area is 190 Å². The monoisotopic (exact) mass is 458 g/mol. The van der Waals surface area contributed by atoms with Crippen LogP contribution in [0.2, 0.25) is 0 Å². The molecule has 0 spiro atoms. The first kappa shape index (κ1) is 29.8. The summed E-state index contributed by atoms with van der Waals surface area (Å²) < 4.78 is 0. The topological polar surface area (TPSA) is 203 Å². The van der Waals surface area contributed by atoms with Crippen LogP contribution in [0.3, 0.4) is 0 Å². The van der Waals surface area contributed by atoms with E-state index in [9.17, 15) is 19.2 Å². The van der Waals surface area contributed by atoms with Gasteiger partial charge >= 0.3 is 5.97 Å². The molecule has 0 radical (unpaired) electrons. The minimum Gasteiger partial charge on any atom is -0.480 e. The summed E-state index contributed by atoms with van der Waals surface area (Å²) in [5, 5.41) is 16.8. The normalized spacial score (nSPS) is 15.7. The summed E-state index contributed by atoms with van der Waals surface area (Å²) in [5.74, 6) is -2.98. The molecule has 0 aromatic heterocycles. The summed E-state index contributed by atoms with van der Waals surface area (Å²) in [5.41, 5.74) is 16.9. The first-order valence-corrected chi connectivity index (χ1v) is 11.4. The second-order valence-corrected chi connectivity index (χ2v) is 8.18. The third-order valence-corrected chi connectivity index (χ3v) is 5.41. The van der Waals surface area contributed by atoms with E-state index in [1.54, 1.807) is 6.92 Å². The van der Waals surface area contributed by atoms with E-state index in [0.29, 0.717) is 51.6 Å². The third-order valence-electron chi connectivity index (χ3n) is 5.41. The molecule has 5 atom stereocenters. The van der Waals surface area contributed by atoms with Crippen LogP contribution in [0.15, 0.2) is 0 Å². The maximum absolute atomic E-state index is 13.0. The maximum Gasteiger partial charge on any atom is 0.325 e. The van der Waals surface area contributed by atoms with E-state index in [0.717, 1.165) is 6.42 Å². The highest BCUT2D eigenvalue weighted by Gasteiger charge is 2.31. The standard InChI is InChI=1S/C21H42N6O5/c1-4-13(2)17(20(30)25-14(3)21(31)32)27-19(29)16(10-6-8-12-23)26-18(28)15(24)9-5-7-11-22/h13-17H,4-12,22-24H2,1-3H3,(H,25,30)(H,26,28)(H,27,29)(H,31,32). The van der Waals surface area contributed by atoms with E-state index >= 15 is 0 Å². The van der Waals surface area contributed by atoms with E-state index in [1.807, 2.05) is 6.92 Å². The van der Waals surface area contributed by atoms with E-state index < -0.39 is 47.9 Å². The molecule has 0 fully saturated rings. The minimum absolute atomic E-state index is 0.251. The fourth-order valence-electron chi connectivity index (χ4n) is 3.00. The molecule has 0 rings (SSSR count). The van der Waals surface area contributed by atoms with Crippen LogP contribution in [0.1, 0.15) is 65.7 Å². The first-order chi connectivity index (χ1) is 15.1. The zero-order valence-corrected chi connectivity index (χ0v) is 19.6. The van der Waals surface area contributed by atoms with Crippen molar-refractivity contribution >= 4 is 23.7 Å². The SMILES string of the molecule is CCC(C)C(NC(=O)C(CCCCN)NC(=O)C(N)CCCCN)C(=O)NC(C)C(=O)O. The molecule has 0 aliphatic rings. The van der Waals surface area contributed by atoms with Gasteiger partial charge in [0, 0.05) is 0 Å². The molecule has 32 heavy (non-hydrogen) atoms.